The lowest BCUT2D eigenvalue weighted by Gasteiger charge is -2.29. The smallest absolute Gasteiger partial charge is 0.350 e. The molecule has 0 bridgehead atoms. The van der Waals surface area contributed by atoms with E-state index >= 15 is 0 Å². The predicted octanol–water partition coefficient (Wildman–Crippen LogP) is 2.06. The van der Waals surface area contributed by atoms with Gasteiger partial charge in [0.25, 0.3) is 0 Å². The van der Waals surface area contributed by atoms with Crippen LogP contribution in [0.2, 0.25) is 0 Å². The Balaban J connectivity index is 4.50. The Bertz CT molecular complexity index is 253. The van der Waals surface area contributed by atoms with Crippen molar-refractivity contribution in [1.29, 1.82) is 0 Å². The van der Waals surface area contributed by atoms with Gasteiger partial charge in [0.1, 0.15) is 5.60 Å². The second-order valence-electron chi connectivity index (χ2n) is 4.61. The molecule has 0 atom stereocenters. The van der Waals surface area contributed by atoms with Crippen LogP contribution in [-0.2, 0) is 19.1 Å². The minimum absolute atomic E-state index is 0.494. The standard InChI is InChI=1S/C11H20O4/c1-7-10(3,4)15-9(13)11(5,6)14-8(2)12/h7H2,1-6H3. The zero-order valence-corrected chi connectivity index (χ0v) is 10.3. The van der Waals surface area contributed by atoms with Crippen LogP contribution >= 0.6 is 0 Å². The molecular formula is C11H20O4. The van der Waals surface area contributed by atoms with Gasteiger partial charge in [0.15, 0.2) is 0 Å². The molecule has 0 aliphatic rings. The highest BCUT2D eigenvalue weighted by molar-refractivity contribution is 5.82. The average molecular weight is 216 g/mol. The number of ether oxygens (including phenoxy) is 2. The zero-order valence-electron chi connectivity index (χ0n) is 10.3. The highest BCUT2D eigenvalue weighted by Gasteiger charge is 2.36. The lowest BCUT2D eigenvalue weighted by Crippen LogP contribution is -2.42. The summed E-state index contributed by atoms with van der Waals surface area (Å²) in [7, 11) is 0. The van der Waals surface area contributed by atoms with E-state index in [0.717, 1.165) is 0 Å². The second kappa shape index (κ2) is 4.64. The predicted molar refractivity (Wildman–Crippen MR) is 56.3 cm³/mol. The maximum absolute atomic E-state index is 11.7. The quantitative estimate of drug-likeness (QED) is 0.675. The Kier molecular flexibility index (Phi) is 4.31. The van der Waals surface area contributed by atoms with E-state index in [4.69, 9.17) is 9.47 Å². The number of carbonyl (C=O) groups is 2. The summed E-state index contributed by atoms with van der Waals surface area (Å²) in [5.41, 5.74) is -1.76. The van der Waals surface area contributed by atoms with Crippen molar-refractivity contribution < 1.29 is 19.1 Å². The van der Waals surface area contributed by atoms with Gasteiger partial charge in [-0.3, -0.25) is 4.79 Å². The van der Waals surface area contributed by atoms with Gasteiger partial charge in [-0.15, -0.1) is 0 Å². The van der Waals surface area contributed by atoms with Crippen molar-refractivity contribution in [2.75, 3.05) is 0 Å². The van der Waals surface area contributed by atoms with Crippen LogP contribution in [0.5, 0.6) is 0 Å². The Labute approximate surface area is 90.9 Å². The van der Waals surface area contributed by atoms with Crippen LogP contribution in [0.15, 0.2) is 0 Å². The van der Waals surface area contributed by atoms with E-state index in [9.17, 15) is 9.59 Å². The van der Waals surface area contributed by atoms with E-state index in [1.165, 1.54) is 20.8 Å². The highest BCUT2D eigenvalue weighted by atomic mass is 16.6. The largest absolute Gasteiger partial charge is 0.457 e. The van der Waals surface area contributed by atoms with Gasteiger partial charge in [0.05, 0.1) is 0 Å². The molecule has 0 spiro atoms. The van der Waals surface area contributed by atoms with E-state index < -0.39 is 23.1 Å². The minimum atomic E-state index is -1.22. The first-order chi connectivity index (χ1) is 6.60. The summed E-state index contributed by atoms with van der Waals surface area (Å²) in [4.78, 5) is 22.4. The molecule has 15 heavy (non-hydrogen) atoms. The van der Waals surface area contributed by atoms with Crippen molar-refractivity contribution in [2.24, 2.45) is 0 Å². The van der Waals surface area contributed by atoms with E-state index in [0.29, 0.717) is 6.42 Å². The molecule has 0 aliphatic heterocycles. The minimum Gasteiger partial charge on any atom is -0.457 e. The summed E-state index contributed by atoms with van der Waals surface area (Å²) >= 11 is 0. The molecule has 0 aromatic carbocycles. The number of carbonyl (C=O) groups excluding carboxylic acids is 2. The van der Waals surface area contributed by atoms with Crippen molar-refractivity contribution in [3.8, 4) is 0 Å². The Morgan fingerprint density at radius 1 is 1.07 bits per heavy atom. The van der Waals surface area contributed by atoms with Gasteiger partial charge in [0.2, 0.25) is 5.60 Å². The fraction of sp³-hybridized carbons (Fsp3) is 0.818. The third-order valence-corrected chi connectivity index (χ3v) is 2.11. The van der Waals surface area contributed by atoms with E-state index in [-0.39, 0.29) is 0 Å². The maximum atomic E-state index is 11.7. The molecular weight excluding hydrogens is 196 g/mol. The van der Waals surface area contributed by atoms with Gasteiger partial charge >= 0.3 is 11.9 Å². The average Bonchev–Trinajstić information content (AvgIpc) is 2.01. The van der Waals surface area contributed by atoms with Crippen LogP contribution in [0, 0.1) is 0 Å². The Morgan fingerprint density at radius 3 is 1.87 bits per heavy atom. The van der Waals surface area contributed by atoms with Crippen molar-refractivity contribution in [2.45, 2.75) is 59.2 Å². The first kappa shape index (κ1) is 13.9. The Hall–Kier alpha value is -1.06. The summed E-state index contributed by atoms with van der Waals surface area (Å²) in [5.74, 6) is -1.02. The summed E-state index contributed by atoms with van der Waals surface area (Å²) < 4.78 is 10.1. The van der Waals surface area contributed by atoms with Gasteiger partial charge in [-0.1, -0.05) is 6.92 Å². The lowest BCUT2D eigenvalue weighted by atomic mass is 10.1. The van der Waals surface area contributed by atoms with Crippen LogP contribution in [0.4, 0.5) is 0 Å². The maximum Gasteiger partial charge on any atom is 0.350 e. The molecule has 0 saturated carbocycles. The molecule has 0 aromatic heterocycles. The topological polar surface area (TPSA) is 52.6 Å². The fourth-order valence-electron chi connectivity index (χ4n) is 0.847. The molecule has 0 rings (SSSR count). The molecule has 0 N–H and O–H groups in total. The van der Waals surface area contributed by atoms with Gasteiger partial charge in [-0.25, -0.2) is 4.79 Å². The second-order valence-corrected chi connectivity index (χ2v) is 4.61. The number of hydrogen-bond acceptors (Lipinski definition) is 4. The zero-order chi connectivity index (χ0) is 12.3. The normalized spacial score (nSPS) is 12.1. The van der Waals surface area contributed by atoms with Crippen molar-refractivity contribution >= 4 is 11.9 Å². The fourth-order valence-corrected chi connectivity index (χ4v) is 0.847. The molecule has 0 saturated heterocycles. The number of rotatable bonds is 4. The lowest BCUT2D eigenvalue weighted by molar-refractivity contribution is -0.186. The van der Waals surface area contributed by atoms with E-state index in [1.54, 1.807) is 0 Å². The van der Waals surface area contributed by atoms with E-state index in [1.807, 2.05) is 20.8 Å². The molecule has 88 valence electrons. The summed E-state index contributed by atoms with van der Waals surface area (Å²) in [6.07, 6.45) is 0.703. The Morgan fingerprint density at radius 2 is 1.53 bits per heavy atom. The summed E-state index contributed by atoms with van der Waals surface area (Å²) in [6.45, 7) is 9.85. The van der Waals surface area contributed by atoms with E-state index in [2.05, 4.69) is 0 Å². The molecule has 0 radical (unpaired) electrons. The van der Waals surface area contributed by atoms with Crippen LogP contribution in [0.3, 0.4) is 0 Å². The molecule has 0 aromatic rings. The SMILES string of the molecule is CCC(C)(C)OC(=O)C(C)(C)OC(C)=O. The van der Waals surface area contributed by atoms with Crippen LogP contribution in [-0.4, -0.2) is 23.1 Å². The third-order valence-electron chi connectivity index (χ3n) is 2.11. The van der Waals surface area contributed by atoms with Gasteiger partial charge in [-0.2, -0.15) is 0 Å². The molecule has 0 unspecified atom stereocenters. The van der Waals surface area contributed by atoms with Gasteiger partial charge in [-0.05, 0) is 34.1 Å². The van der Waals surface area contributed by atoms with Crippen LogP contribution in [0.25, 0.3) is 0 Å². The first-order valence-electron chi connectivity index (χ1n) is 5.04. The number of hydrogen-bond donors (Lipinski definition) is 0. The highest BCUT2D eigenvalue weighted by Crippen LogP contribution is 2.20. The van der Waals surface area contributed by atoms with Crippen molar-refractivity contribution in [3.05, 3.63) is 0 Å². The van der Waals surface area contributed by atoms with Crippen molar-refractivity contribution in [3.63, 3.8) is 0 Å². The molecule has 0 heterocycles. The third kappa shape index (κ3) is 4.81. The summed E-state index contributed by atoms with van der Waals surface area (Å²) in [6, 6.07) is 0. The van der Waals surface area contributed by atoms with Gasteiger partial charge in [0, 0.05) is 6.92 Å². The molecule has 4 nitrogen and oxygen atoms in total. The van der Waals surface area contributed by atoms with Crippen LogP contribution in [0.1, 0.15) is 48.0 Å². The molecule has 4 heteroatoms. The molecule has 0 fully saturated rings. The molecule has 0 amide bonds. The first-order valence-corrected chi connectivity index (χ1v) is 5.04. The monoisotopic (exact) mass is 216 g/mol. The summed E-state index contributed by atoms with van der Waals surface area (Å²) in [5, 5.41) is 0. The van der Waals surface area contributed by atoms with Crippen LogP contribution < -0.4 is 0 Å². The van der Waals surface area contributed by atoms with Crippen molar-refractivity contribution in [1.82, 2.24) is 0 Å². The number of esters is 2. The van der Waals surface area contributed by atoms with Gasteiger partial charge < -0.3 is 9.47 Å². The molecule has 0 aliphatic carbocycles.